The van der Waals surface area contributed by atoms with Crippen LogP contribution in [0.25, 0.3) is 0 Å². The Hall–Kier alpha value is -2.61. The number of sulfonamides is 1. The van der Waals surface area contributed by atoms with E-state index in [0.717, 1.165) is 37.8 Å². The first-order valence-electron chi connectivity index (χ1n) is 9.29. The lowest BCUT2D eigenvalue weighted by Gasteiger charge is -2.19. The molecule has 0 heterocycles. The van der Waals surface area contributed by atoms with Gasteiger partial charge in [-0.25, -0.2) is 12.8 Å². The van der Waals surface area contributed by atoms with Crippen LogP contribution in [0.4, 0.5) is 15.8 Å². The normalized spacial score (nSPS) is 15.8. The molecule has 0 aliphatic heterocycles. The minimum Gasteiger partial charge on any atom is -0.374 e. The monoisotopic (exact) mass is 405 g/mol. The molecule has 3 rings (SSSR count). The van der Waals surface area contributed by atoms with Gasteiger partial charge in [0.15, 0.2) is 0 Å². The summed E-state index contributed by atoms with van der Waals surface area (Å²) in [7, 11) is -3.79. The van der Waals surface area contributed by atoms with E-state index in [1.807, 2.05) is 0 Å². The maximum atomic E-state index is 13.0. The van der Waals surface area contributed by atoms with Gasteiger partial charge in [-0.2, -0.15) is 0 Å². The van der Waals surface area contributed by atoms with E-state index >= 15 is 0 Å². The minimum absolute atomic E-state index is 0.0201. The van der Waals surface area contributed by atoms with E-state index in [-0.39, 0.29) is 16.8 Å². The van der Waals surface area contributed by atoms with Gasteiger partial charge in [-0.05, 0) is 68.3 Å². The first kappa shape index (κ1) is 20.1. The highest BCUT2D eigenvalue weighted by atomic mass is 32.2. The standard InChI is InChI=1S/C20H24FN3O3S/c1-14(20(25)23-16-4-2-3-5-16)22-17-8-10-18(11-9-17)24-28(26,27)19-12-6-15(21)7-13-19/h6-14,16,22,24H,2-5H2,1H3,(H,23,25)/t14-/m1/s1. The summed E-state index contributed by atoms with van der Waals surface area (Å²) in [6.07, 6.45) is 4.37. The summed E-state index contributed by atoms with van der Waals surface area (Å²) in [5, 5.41) is 6.16. The number of halogens is 1. The molecule has 0 saturated heterocycles. The van der Waals surface area contributed by atoms with E-state index in [9.17, 15) is 17.6 Å². The van der Waals surface area contributed by atoms with Crippen LogP contribution >= 0.6 is 0 Å². The Morgan fingerprint density at radius 2 is 1.57 bits per heavy atom. The third-order valence-electron chi connectivity index (χ3n) is 4.74. The molecule has 0 unspecified atom stereocenters. The molecule has 0 spiro atoms. The lowest BCUT2D eigenvalue weighted by molar-refractivity contribution is -0.122. The minimum atomic E-state index is -3.79. The maximum absolute atomic E-state index is 13.0. The summed E-state index contributed by atoms with van der Waals surface area (Å²) < 4.78 is 40.1. The molecule has 1 amide bonds. The number of amides is 1. The zero-order valence-electron chi connectivity index (χ0n) is 15.6. The van der Waals surface area contributed by atoms with Crippen LogP contribution < -0.4 is 15.4 Å². The van der Waals surface area contributed by atoms with Gasteiger partial charge in [-0.1, -0.05) is 12.8 Å². The summed E-state index contributed by atoms with van der Waals surface area (Å²) in [6.45, 7) is 1.79. The summed E-state index contributed by atoms with van der Waals surface area (Å²) in [5.41, 5.74) is 1.08. The molecule has 1 saturated carbocycles. The van der Waals surface area contributed by atoms with E-state index in [2.05, 4.69) is 15.4 Å². The van der Waals surface area contributed by atoms with Crippen molar-refractivity contribution in [3.8, 4) is 0 Å². The fourth-order valence-electron chi connectivity index (χ4n) is 3.17. The topological polar surface area (TPSA) is 87.3 Å². The van der Waals surface area contributed by atoms with Crippen LogP contribution in [0.5, 0.6) is 0 Å². The van der Waals surface area contributed by atoms with Crippen LogP contribution in [0.3, 0.4) is 0 Å². The molecule has 0 aromatic heterocycles. The largest absolute Gasteiger partial charge is 0.374 e. The highest BCUT2D eigenvalue weighted by Crippen LogP contribution is 2.20. The van der Waals surface area contributed by atoms with Crippen molar-refractivity contribution in [1.82, 2.24) is 5.32 Å². The van der Waals surface area contributed by atoms with Crippen molar-refractivity contribution < 1.29 is 17.6 Å². The average molecular weight is 405 g/mol. The molecule has 150 valence electrons. The van der Waals surface area contributed by atoms with Crippen molar-refractivity contribution in [3.63, 3.8) is 0 Å². The zero-order chi connectivity index (χ0) is 20.1. The number of hydrogen-bond acceptors (Lipinski definition) is 4. The van der Waals surface area contributed by atoms with E-state index in [4.69, 9.17) is 0 Å². The molecule has 6 nitrogen and oxygen atoms in total. The van der Waals surface area contributed by atoms with E-state index < -0.39 is 21.9 Å². The van der Waals surface area contributed by atoms with Crippen molar-refractivity contribution in [2.75, 3.05) is 10.0 Å². The summed E-state index contributed by atoms with van der Waals surface area (Å²) in [4.78, 5) is 12.2. The van der Waals surface area contributed by atoms with E-state index in [1.54, 1.807) is 31.2 Å². The second kappa shape index (κ2) is 8.60. The molecule has 0 radical (unpaired) electrons. The molecular weight excluding hydrogens is 381 g/mol. The number of carbonyl (C=O) groups is 1. The Balaban J connectivity index is 1.58. The first-order valence-corrected chi connectivity index (χ1v) is 10.8. The molecule has 1 aliphatic rings. The Morgan fingerprint density at radius 1 is 1.00 bits per heavy atom. The lowest BCUT2D eigenvalue weighted by Crippen LogP contribution is -2.42. The molecule has 1 aliphatic carbocycles. The van der Waals surface area contributed by atoms with Crippen LogP contribution in [0.15, 0.2) is 53.4 Å². The summed E-state index contributed by atoms with van der Waals surface area (Å²) in [5.74, 6) is -0.548. The summed E-state index contributed by atoms with van der Waals surface area (Å²) in [6, 6.07) is 11.1. The van der Waals surface area contributed by atoms with Crippen LogP contribution in [0.2, 0.25) is 0 Å². The van der Waals surface area contributed by atoms with Gasteiger partial charge in [0.1, 0.15) is 11.9 Å². The SMILES string of the molecule is C[C@@H](Nc1ccc(NS(=O)(=O)c2ccc(F)cc2)cc1)C(=O)NC1CCCC1. The molecule has 8 heteroatoms. The van der Waals surface area contributed by atoms with Gasteiger partial charge in [0.05, 0.1) is 4.90 Å². The maximum Gasteiger partial charge on any atom is 0.261 e. The fraction of sp³-hybridized carbons (Fsp3) is 0.350. The molecule has 3 N–H and O–H groups in total. The van der Waals surface area contributed by atoms with Crippen molar-refractivity contribution in [1.29, 1.82) is 0 Å². The van der Waals surface area contributed by atoms with Crippen molar-refractivity contribution >= 4 is 27.3 Å². The predicted molar refractivity (Wildman–Crippen MR) is 107 cm³/mol. The fourth-order valence-corrected chi connectivity index (χ4v) is 4.23. The quantitative estimate of drug-likeness (QED) is 0.658. The van der Waals surface area contributed by atoms with Crippen LogP contribution in [0, 0.1) is 5.82 Å². The van der Waals surface area contributed by atoms with Crippen LogP contribution in [-0.2, 0) is 14.8 Å². The molecule has 0 bridgehead atoms. The van der Waals surface area contributed by atoms with Gasteiger partial charge in [-0.3, -0.25) is 9.52 Å². The number of nitrogens with one attached hydrogen (secondary N) is 3. The van der Waals surface area contributed by atoms with E-state index in [0.29, 0.717) is 11.4 Å². The molecule has 28 heavy (non-hydrogen) atoms. The number of hydrogen-bond donors (Lipinski definition) is 3. The van der Waals surface area contributed by atoms with Gasteiger partial charge in [0.2, 0.25) is 5.91 Å². The van der Waals surface area contributed by atoms with Crippen molar-refractivity contribution in [2.45, 2.75) is 49.6 Å². The van der Waals surface area contributed by atoms with Gasteiger partial charge in [-0.15, -0.1) is 0 Å². The van der Waals surface area contributed by atoms with Crippen molar-refractivity contribution in [3.05, 3.63) is 54.3 Å². The molecular formula is C20H24FN3O3S. The second-order valence-corrected chi connectivity index (χ2v) is 8.68. The zero-order valence-corrected chi connectivity index (χ0v) is 16.4. The van der Waals surface area contributed by atoms with Gasteiger partial charge in [0.25, 0.3) is 10.0 Å². The van der Waals surface area contributed by atoms with Gasteiger partial charge >= 0.3 is 0 Å². The lowest BCUT2D eigenvalue weighted by atomic mass is 10.2. The Morgan fingerprint density at radius 3 is 2.18 bits per heavy atom. The second-order valence-electron chi connectivity index (χ2n) is 6.99. The first-order chi connectivity index (χ1) is 13.3. The number of benzene rings is 2. The molecule has 1 atom stereocenters. The van der Waals surface area contributed by atoms with Crippen molar-refractivity contribution in [2.24, 2.45) is 0 Å². The van der Waals surface area contributed by atoms with Crippen LogP contribution in [0.1, 0.15) is 32.6 Å². The van der Waals surface area contributed by atoms with Crippen LogP contribution in [-0.4, -0.2) is 26.4 Å². The third-order valence-corrected chi connectivity index (χ3v) is 6.14. The smallest absolute Gasteiger partial charge is 0.261 e. The molecule has 2 aromatic rings. The molecule has 1 fully saturated rings. The Labute approximate surface area is 164 Å². The highest BCUT2D eigenvalue weighted by Gasteiger charge is 2.20. The Kier molecular flexibility index (Phi) is 6.18. The number of carbonyl (C=O) groups excluding carboxylic acids is 1. The average Bonchev–Trinajstić information content (AvgIpc) is 3.16. The third kappa shape index (κ3) is 5.22. The van der Waals surface area contributed by atoms with Gasteiger partial charge in [0, 0.05) is 17.4 Å². The highest BCUT2D eigenvalue weighted by molar-refractivity contribution is 7.92. The number of rotatable bonds is 7. The van der Waals surface area contributed by atoms with Gasteiger partial charge < -0.3 is 10.6 Å². The number of anilines is 2. The summed E-state index contributed by atoms with van der Waals surface area (Å²) >= 11 is 0. The molecule has 2 aromatic carbocycles. The Bertz CT molecular complexity index is 909. The van der Waals surface area contributed by atoms with E-state index in [1.165, 1.54) is 12.1 Å². The predicted octanol–water partition coefficient (Wildman–Crippen LogP) is 3.49.